The maximum absolute atomic E-state index is 12.7. The van der Waals surface area contributed by atoms with Crippen molar-refractivity contribution in [2.75, 3.05) is 13.2 Å². The van der Waals surface area contributed by atoms with Crippen molar-refractivity contribution in [1.29, 1.82) is 0 Å². The van der Waals surface area contributed by atoms with Gasteiger partial charge in [0.05, 0.1) is 6.42 Å². The fourth-order valence-corrected chi connectivity index (χ4v) is 6.80. The Balaban J connectivity index is 4.48. The second-order valence-electron chi connectivity index (χ2n) is 17.1. The molecule has 6 nitrogen and oxygen atoms in total. The van der Waals surface area contributed by atoms with Crippen LogP contribution in [-0.2, 0) is 28.6 Å². The molecule has 0 N–H and O–H groups in total. The lowest BCUT2D eigenvalue weighted by Gasteiger charge is -2.18. The quantitative estimate of drug-likeness (QED) is 0.0262. The third-order valence-corrected chi connectivity index (χ3v) is 10.8. The topological polar surface area (TPSA) is 78.9 Å². The third kappa shape index (κ3) is 50.9. The number of hydrogen-bond acceptors (Lipinski definition) is 6. The zero-order valence-electron chi connectivity index (χ0n) is 42.0. The maximum Gasteiger partial charge on any atom is 0.310 e. The molecule has 6 heteroatoms. The van der Waals surface area contributed by atoms with Gasteiger partial charge >= 0.3 is 17.9 Å². The Labute approximate surface area is 400 Å². The van der Waals surface area contributed by atoms with E-state index in [4.69, 9.17) is 14.2 Å². The Bertz CT molecular complexity index is 1360. The first-order chi connectivity index (χ1) is 32.0. The van der Waals surface area contributed by atoms with E-state index in [1.807, 2.05) is 6.08 Å². The molecule has 0 amide bonds. The molecule has 1 unspecified atom stereocenters. The third-order valence-electron chi connectivity index (χ3n) is 10.8. The highest BCUT2D eigenvalue weighted by molar-refractivity contribution is 5.72. The second-order valence-corrected chi connectivity index (χ2v) is 17.1. The van der Waals surface area contributed by atoms with Gasteiger partial charge in [-0.2, -0.15) is 0 Å². The molecular formula is C59H96O6. The molecule has 0 saturated heterocycles. The predicted octanol–water partition coefficient (Wildman–Crippen LogP) is 17.5. The van der Waals surface area contributed by atoms with Gasteiger partial charge in [0.25, 0.3) is 0 Å². The van der Waals surface area contributed by atoms with Gasteiger partial charge in [0.1, 0.15) is 13.2 Å². The SMILES string of the molecule is CC/C=C\C/C=C\C/C=C\C/C=C\C/C=C\CC(=O)OC(COC(=O)CCCCCCC/C=C\CCCC)COC(=O)CCCCCCCC/C=C\C/C=C\C/C=C\CCCCCCC. The van der Waals surface area contributed by atoms with Crippen molar-refractivity contribution in [3.63, 3.8) is 0 Å². The van der Waals surface area contributed by atoms with Gasteiger partial charge in [0, 0.05) is 12.8 Å². The van der Waals surface area contributed by atoms with E-state index in [1.165, 1.54) is 77.0 Å². The molecule has 0 aliphatic rings. The highest BCUT2D eigenvalue weighted by atomic mass is 16.6. The van der Waals surface area contributed by atoms with E-state index < -0.39 is 12.1 Å². The fraction of sp³-hybridized carbons (Fsp3) is 0.644. The highest BCUT2D eigenvalue weighted by Gasteiger charge is 2.19. The van der Waals surface area contributed by atoms with Crippen molar-refractivity contribution in [3.05, 3.63) is 109 Å². The van der Waals surface area contributed by atoms with Crippen molar-refractivity contribution in [2.24, 2.45) is 0 Å². The second kappa shape index (κ2) is 52.7. The van der Waals surface area contributed by atoms with Gasteiger partial charge in [-0.15, -0.1) is 0 Å². The van der Waals surface area contributed by atoms with Crippen LogP contribution in [0.25, 0.3) is 0 Å². The molecule has 368 valence electrons. The molecule has 0 radical (unpaired) electrons. The van der Waals surface area contributed by atoms with E-state index >= 15 is 0 Å². The van der Waals surface area contributed by atoms with Gasteiger partial charge in [-0.25, -0.2) is 0 Å². The van der Waals surface area contributed by atoms with Crippen LogP contribution in [0, 0.1) is 0 Å². The Morgan fingerprint density at radius 1 is 0.338 bits per heavy atom. The summed E-state index contributed by atoms with van der Waals surface area (Å²) in [4.78, 5) is 37.9. The number of unbranched alkanes of at least 4 members (excludes halogenated alkanes) is 18. The highest BCUT2D eigenvalue weighted by Crippen LogP contribution is 2.12. The van der Waals surface area contributed by atoms with E-state index in [-0.39, 0.29) is 31.6 Å². The number of esters is 3. The minimum Gasteiger partial charge on any atom is -0.462 e. The first-order valence-electron chi connectivity index (χ1n) is 26.4. The van der Waals surface area contributed by atoms with E-state index in [1.54, 1.807) is 6.08 Å². The van der Waals surface area contributed by atoms with Crippen molar-refractivity contribution < 1.29 is 28.6 Å². The largest absolute Gasteiger partial charge is 0.462 e. The fourth-order valence-electron chi connectivity index (χ4n) is 6.80. The zero-order chi connectivity index (χ0) is 47.2. The monoisotopic (exact) mass is 901 g/mol. The molecule has 0 spiro atoms. The Hall–Kier alpha value is -3.93. The minimum atomic E-state index is -0.842. The summed E-state index contributed by atoms with van der Waals surface area (Å²) in [6, 6.07) is 0. The zero-order valence-corrected chi connectivity index (χ0v) is 42.0. The average molecular weight is 901 g/mol. The molecular weight excluding hydrogens is 805 g/mol. The smallest absolute Gasteiger partial charge is 0.310 e. The van der Waals surface area contributed by atoms with Crippen molar-refractivity contribution >= 4 is 17.9 Å². The van der Waals surface area contributed by atoms with Crippen LogP contribution in [0.3, 0.4) is 0 Å². The summed E-state index contributed by atoms with van der Waals surface area (Å²) in [5, 5.41) is 0. The molecule has 0 aromatic heterocycles. The maximum atomic E-state index is 12.7. The molecule has 0 fully saturated rings. The van der Waals surface area contributed by atoms with Crippen molar-refractivity contribution in [3.8, 4) is 0 Å². The molecule has 0 rings (SSSR count). The molecule has 0 bridgehead atoms. The molecule has 65 heavy (non-hydrogen) atoms. The summed E-state index contributed by atoms with van der Waals surface area (Å²) in [6.45, 7) is 6.36. The average Bonchev–Trinajstić information content (AvgIpc) is 3.30. The molecule has 0 heterocycles. The molecule has 0 aliphatic carbocycles. The number of carbonyl (C=O) groups is 3. The lowest BCUT2D eigenvalue weighted by Crippen LogP contribution is -2.30. The standard InChI is InChI=1S/C59H96O6/c1-4-7-10-13-16-19-22-24-26-27-28-29-30-31-33-34-37-40-43-46-49-52-58(61)64-55-56(54-63-57(60)51-48-45-42-39-36-21-18-15-12-9-6-3)65-59(62)53-50-47-44-41-38-35-32-25-23-20-17-14-11-8-5-2/h8,11,15,17-18,20,22,24-25,27-28,30-32,38,41,47,50,56H,4-7,9-10,12-14,16,19,21,23,26,29,33-37,39-40,42-46,48-49,51-55H2,1-3H3/b11-8-,18-15-,20-17-,24-22-,28-27-,31-30-,32-25-,41-38-,50-47-. The Kier molecular flexibility index (Phi) is 49.5. The summed E-state index contributed by atoms with van der Waals surface area (Å²) in [5.41, 5.74) is 0. The number of carbonyl (C=O) groups excluding carboxylic acids is 3. The summed E-state index contributed by atoms with van der Waals surface area (Å²) in [6.07, 6.45) is 71.0. The van der Waals surface area contributed by atoms with Crippen LogP contribution < -0.4 is 0 Å². The number of allylic oxidation sites excluding steroid dienone is 17. The van der Waals surface area contributed by atoms with Gasteiger partial charge < -0.3 is 14.2 Å². The van der Waals surface area contributed by atoms with Gasteiger partial charge in [0.15, 0.2) is 6.10 Å². The summed E-state index contributed by atoms with van der Waals surface area (Å²) in [5.74, 6) is -1.09. The van der Waals surface area contributed by atoms with Gasteiger partial charge in [-0.3, -0.25) is 14.4 Å². The first-order valence-corrected chi connectivity index (χ1v) is 26.4. The van der Waals surface area contributed by atoms with Crippen LogP contribution in [0.15, 0.2) is 109 Å². The molecule has 0 aliphatic heterocycles. The number of hydrogen-bond donors (Lipinski definition) is 0. The summed E-state index contributed by atoms with van der Waals surface area (Å²) in [7, 11) is 0. The Morgan fingerprint density at radius 3 is 1.08 bits per heavy atom. The number of ether oxygens (including phenoxy) is 3. The van der Waals surface area contributed by atoms with Crippen molar-refractivity contribution in [1.82, 2.24) is 0 Å². The van der Waals surface area contributed by atoms with E-state index in [0.29, 0.717) is 19.3 Å². The van der Waals surface area contributed by atoms with Crippen LogP contribution in [0.2, 0.25) is 0 Å². The van der Waals surface area contributed by atoms with Crippen molar-refractivity contribution in [2.45, 2.75) is 232 Å². The molecule has 0 saturated carbocycles. The van der Waals surface area contributed by atoms with Crippen LogP contribution in [0.5, 0.6) is 0 Å². The van der Waals surface area contributed by atoms with Gasteiger partial charge in [0.2, 0.25) is 0 Å². The van der Waals surface area contributed by atoms with Crippen LogP contribution in [0.4, 0.5) is 0 Å². The van der Waals surface area contributed by atoms with Gasteiger partial charge in [-0.1, -0.05) is 214 Å². The van der Waals surface area contributed by atoms with Crippen LogP contribution >= 0.6 is 0 Å². The first kappa shape index (κ1) is 61.1. The number of rotatable bonds is 46. The minimum absolute atomic E-state index is 0.0888. The normalized spacial score (nSPS) is 13.0. The molecule has 0 aromatic rings. The molecule has 0 aromatic carbocycles. The van der Waals surface area contributed by atoms with E-state index in [9.17, 15) is 14.4 Å². The van der Waals surface area contributed by atoms with Crippen LogP contribution in [0.1, 0.15) is 226 Å². The predicted molar refractivity (Wildman–Crippen MR) is 279 cm³/mol. The van der Waals surface area contributed by atoms with E-state index in [0.717, 1.165) is 103 Å². The Morgan fingerprint density at radius 2 is 0.662 bits per heavy atom. The lowest BCUT2D eigenvalue weighted by molar-refractivity contribution is -0.166. The summed E-state index contributed by atoms with van der Waals surface area (Å²) < 4.78 is 16.7. The lowest BCUT2D eigenvalue weighted by atomic mass is 10.1. The summed E-state index contributed by atoms with van der Waals surface area (Å²) >= 11 is 0. The van der Waals surface area contributed by atoms with Gasteiger partial charge in [-0.05, 0) is 103 Å². The molecule has 1 atom stereocenters. The van der Waals surface area contributed by atoms with Crippen LogP contribution in [-0.4, -0.2) is 37.2 Å². The van der Waals surface area contributed by atoms with E-state index in [2.05, 4.69) is 118 Å².